The van der Waals surface area contributed by atoms with Crippen LogP contribution in [0.2, 0.25) is 5.02 Å². The molecule has 19 heavy (non-hydrogen) atoms. The largest absolute Gasteiger partial charge is 0.480 e. The van der Waals surface area contributed by atoms with Gasteiger partial charge in [0.15, 0.2) is 0 Å². The van der Waals surface area contributed by atoms with E-state index in [2.05, 4.69) is 10.3 Å². The molecule has 1 fully saturated rings. The molecule has 1 atom stereocenters. The molecule has 2 N–H and O–H groups in total. The third-order valence-electron chi connectivity index (χ3n) is 3.39. The van der Waals surface area contributed by atoms with Gasteiger partial charge in [0.25, 0.3) is 0 Å². The quantitative estimate of drug-likeness (QED) is 0.900. The van der Waals surface area contributed by atoms with Crippen LogP contribution in [-0.4, -0.2) is 22.1 Å². The minimum Gasteiger partial charge on any atom is -0.480 e. The smallest absolute Gasteiger partial charge is 0.326 e. The van der Waals surface area contributed by atoms with E-state index in [1.54, 1.807) is 18.3 Å². The first-order chi connectivity index (χ1) is 9.16. The van der Waals surface area contributed by atoms with E-state index in [-0.39, 0.29) is 5.92 Å². The molecule has 2 aromatic rings. The number of carboxylic acid groups (broad SMARTS) is 1. The van der Waals surface area contributed by atoms with Crippen LogP contribution in [0.15, 0.2) is 30.5 Å². The third kappa shape index (κ3) is 2.36. The average molecular weight is 277 g/mol. The fourth-order valence-electron chi connectivity index (χ4n) is 2.23. The number of aliphatic carboxylic acids is 1. The third-order valence-corrected chi connectivity index (χ3v) is 3.72. The lowest BCUT2D eigenvalue weighted by Crippen LogP contribution is -2.31. The van der Waals surface area contributed by atoms with E-state index in [4.69, 9.17) is 11.6 Å². The Hall–Kier alpha value is -1.81. The number of carboxylic acids is 1. The number of fused-ring (bicyclic) bond motifs is 1. The first kappa shape index (κ1) is 12.2. The molecule has 1 heterocycles. The highest BCUT2D eigenvalue weighted by Gasteiger charge is 2.36. The maximum absolute atomic E-state index is 11.3. The number of nitrogens with one attached hydrogen (secondary N) is 1. The van der Waals surface area contributed by atoms with Crippen LogP contribution in [0.25, 0.3) is 10.9 Å². The van der Waals surface area contributed by atoms with Gasteiger partial charge < -0.3 is 10.4 Å². The van der Waals surface area contributed by atoms with Crippen molar-refractivity contribution in [3.05, 3.63) is 35.5 Å². The Morgan fingerprint density at radius 1 is 1.42 bits per heavy atom. The molecule has 4 nitrogen and oxygen atoms in total. The van der Waals surface area contributed by atoms with Crippen LogP contribution in [0.1, 0.15) is 12.8 Å². The maximum Gasteiger partial charge on any atom is 0.326 e. The van der Waals surface area contributed by atoms with Gasteiger partial charge in [0, 0.05) is 11.6 Å². The Bertz CT molecular complexity index is 640. The molecule has 1 saturated carbocycles. The van der Waals surface area contributed by atoms with Crippen molar-refractivity contribution in [2.75, 3.05) is 5.32 Å². The molecular formula is C14H13ClN2O2. The van der Waals surface area contributed by atoms with Crippen LogP contribution in [0.3, 0.4) is 0 Å². The standard InChI is InChI=1S/C14H13ClN2O2/c15-10-5-6-11(13-9(10)2-1-7-16-13)17-12(14(18)19)8-3-4-8/h1-2,5-8,12,17H,3-4H2,(H,18,19). The van der Waals surface area contributed by atoms with Crippen LogP contribution < -0.4 is 5.32 Å². The minimum atomic E-state index is -0.818. The molecule has 1 aromatic heterocycles. The summed E-state index contributed by atoms with van der Waals surface area (Å²) in [5, 5.41) is 13.8. The van der Waals surface area contributed by atoms with Crippen LogP contribution in [0.5, 0.6) is 0 Å². The predicted molar refractivity (Wildman–Crippen MR) is 74.5 cm³/mol. The molecule has 1 aromatic carbocycles. The molecule has 3 rings (SSSR count). The van der Waals surface area contributed by atoms with E-state index in [0.29, 0.717) is 10.5 Å². The number of hydrogen-bond acceptors (Lipinski definition) is 3. The topological polar surface area (TPSA) is 62.2 Å². The van der Waals surface area contributed by atoms with Crippen molar-refractivity contribution < 1.29 is 9.90 Å². The second kappa shape index (κ2) is 4.70. The number of pyridine rings is 1. The van der Waals surface area contributed by atoms with Crippen LogP contribution >= 0.6 is 11.6 Å². The normalized spacial score (nSPS) is 16.3. The number of aromatic nitrogens is 1. The summed E-state index contributed by atoms with van der Waals surface area (Å²) in [6.07, 6.45) is 3.60. The minimum absolute atomic E-state index is 0.215. The van der Waals surface area contributed by atoms with E-state index >= 15 is 0 Å². The van der Waals surface area contributed by atoms with E-state index < -0.39 is 12.0 Å². The Kier molecular flexibility index (Phi) is 3.03. The number of halogens is 1. The Morgan fingerprint density at radius 3 is 2.89 bits per heavy atom. The molecule has 5 heteroatoms. The van der Waals surface area contributed by atoms with Gasteiger partial charge in [-0.05, 0) is 43.0 Å². The molecule has 1 aliphatic carbocycles. The molecular weight excluding hydrogens is 264 g/mol. The van der Waals surface area contributed by atoms with E-state index in [0.717, 1.165) is 23.9 Å². The summed E-state index contributed by atoms with van der Waals surface area (Å²) in [6.45, 7) is 0. The predicted octanol–water partition coefficient (Wildman–Crippen LogP) is 3.16. The zero-order chi connectivity index (χ0) is 13.4. The van der Waals surface area contributed by atoms with Crippen molar-refractivity contribution in [3.8, 4) is 0 Å². The van der Waals surface area contributed by atoms with Crippen molar-refractivity contribution in [2.45, 2.75) is 18.9 Å². The molecule has 98 valence electrons. The molecule has 0 saturated heterocycles. The van der Waals surface area contributed by atoms with Crippen molar-refractivity contribution >= 4 is 34.2 Å². The molecule has 1 aliphatic rings. The van der Waals surface area contributed by atoms with Gasteiger partial charge >= 0.3 is 5.97 Å². The lowest BCUT2D eigenvalue weighted by atomic mass is 10.1. The van der Waals surface area contributed by atoms with Gasteiger partial charge in [0.2, 0.25) is 0 Å². The van der Waals surface area contributed by atoms with Gasteiger partial charge in [0.1, 0.15) is 6.04 Å². The van der Waals surface area contributed by atoms with Crippen LogP contribution in [-0.2, 0) is 4.79 Å². The highest BCUT2D eigenvalue weighted by atomic mass is 35.5. The number of benzene rings is 1. The van der Waals surface area contributed by atoms with Crippen LogP contribution in [0.4, 0.5) is 5.69 Å². The second-order valence-electron chi connectivity index (χ2n) is 4.79. The number of carbonyl (C=O) groups is 1. The van der Waals surface area contributed by atoms with Gasteiger partial charge in [-0.1, -0.05) is 11.6 Å². The maximum atomic E-state index is 11.3. The SMILES string of the molecule is O=C(O)C(Nc1ccc(Cl)c2cccnc12)C1CC1. The molecule has 0 aliphatic heterocycles. The van der Waals surface area contributed by atoms with Gasteiger partial charge in [-0.25, -0.2) is 4.79 Å². The number of rotatable bonds is 4. The fourth-order valence-corrected chi connectivity index (χ4v) is 2.45. The number of anilines is 1. The Morgan fingerprint density at radius 2 is 2.21 bits per heavy atom. The van der Waals surface area contributed by atoms with Crippen molar-refractivity contribution in [2.24, 2.45) is 5.92 Å². The molecule has 0 bridgehead atoms. The summed E-state index contributed by atoms with van der Waals surface area (Å²) < 4.78 is 0. The lowest BCUT2D eigenvalue weighted by Gasteiger charge is -2.16. The van der Waals surface area contributed by atoms with Crippen LogP contribution in [0, 0.1) is 5.92 Å². The first-order valence-electron chi connectivity index (χ1n) is 6.19. The van der Waals surface area contributed by atoms with E-state index in [1.165, 1.54) is 0 Å². The van der Waals surface area contributed by atoms with Gasteiger partial charge in [-0.15, -0.1) is 0 Å². The highest BCUT2D eigenvalue weighted by molar-refractivity contribution is 6.35. The first-order valence-corrected chi connectivity index (χ1v) is 6.57. The monoisotopic (exact) mass is 276 g/mol. The fraction of sp³-hybridized carbons (Fsp3) is 0.286. The van der Waals surface area contributed by atoms with Gasteiger partial charge in [0.05, 0.1) is 16.2 Å². The number of hydrogen-bond donors (Lipinski definition) is 2. The number of nitrogens with zero attached hydrogens (tertiary/aromatic N) is 1. The van der Waals surface area contributed by atoms with Crippen molar-refractivity contribution in [1.29, 1.82) is 0 Å². The van der Waals surface area contributed by atoms with E-state index in [9.17, 15) is 9.90 Å². The average Bonchev–Trinajstić information content (AvgIpc) is 3.22. The van der Waals surface area contributed by atoms with E-state index in [1.807, 2.05) is 12.1 Å². The molecule has 1 unspecified atom stereocenters. The summed E-state index contributed by atoms with van der Waals surface area (Å²) in [7, 11) is 0. The molecule has 0 radical (unpaired) electrons. The van der Waals surface area contributed by atoms with Crippen molar-refractivity contribution in [1.82, 2.24) is 4.98 Å². The Labute approximate surface area is 115 Å². The highest BCUT2D eigenvalue weighted by Crippen LogP contribution is 2.36. The summed E-state index contributed by atoms with van der Waals surface area (Å²) in [5.74, 6) is -0.603. The summed E-state index contributed by atoms with van der Waals surface area (Å²) in [4.78, 5) is 15.6. The lowest BCUT2D eigenvalue weighted by molar-refractivity contribution is -0.138. The summed E-state index contributed by atoms with van der Waals surface area (Å²) in [6, 6.07) is 6.69. The van der Waals surface area contributed by atoms with Gasteiger partial charge in [-0.2, -0.15) is 0 Å². The molecule has 0 amide bonds. The zero-order valence-corrected chi connectivity index (χ0v) is 10.9. The summed E-state index contributed by atoms with van der Waals surface area (Å²) in [5.41, 5.74) is 1.43. The van der Waals surface area contributed by atoms with Gasteiger partial charge in [-0.3, -0.25) is 4.98 Å². The second-order valence-corrected chi connectivity index (χ2v) is 5.20. The molecule has 0 spiro atoms. The summed E-state index contributed by atoms with van der Waals surface area (Å²) >= 11 is 6.12. The van der Waals surface area contributed by atoms with Crippen molar-refractivity contribution in [3.63, 3.8) is 0 Å². The zero-order valence-electron chi connectivity index (χ0n) is 10.1. The Balaban J connectivity index is 2.00.